The minimum atomic E-state index is 0.550. The van der Waals surface area contributed by atoms with Crippen LogP contribution in [0.15, 0.2) is 59.4 Å². The molecule has 0 amide bonds. The average Bonchev–Trinajstić information content (AvgIpc) is 2.92. The number of fused-ring (bicyclic) bond motifs is 2. The lowest BCUT2D eigenvalue weighted by atomic mass is 10.1. The molecule has 0 radical (unpaired) electrons. The quantitative estimate of drug-likeness (QED) is 0.523. The summed E-state index contributed by atoms with van der Waals surface area (Å²) < 4.78 is 16.4. The Bertz CT molecular complexity index is 846. The molecule has 0 N–H and O–H groups in total. The van der Waals surface area contributed by atoms with Crippen LogP contribution in [0.25, 0.3) is 22.0 Å². The first kappa shape index (κ1) is 13.2. The lowest BCUT2D eigenvalue weighted by molar-refractivity contribution is 0.424. The average molecular weight is 281 g/mol. The predicted molar refractivity (Wildman–Crippen MR) is 82.6 cm³/mol. The molecule has 106 valence electrons. The Hall–Kier alpha value is -2.75. The molecule has 0 atom stereocenters. The van der Waals surface area contributed by atoms with Crippen LogP contribution < -0.4 is 9.47 Å². The maximum Gasteiger partial charge on any atom is 0.230 e. The molecule has 2 heterocycles. The molecule has 0 bridgehead atoms. The van der Waals surface area contributed by atoms with Crippen LogP contribution in [0.3, 0.4) is 0 Å². The van der Waals surface area contributed by atoms with Crippen molar-refractivity contribution in [3.63, 3.8) is 0 Å². The number of ether oxygens (including phenoxy) is 2. The van der Waals surface area contributed by atoms with Crippen LogP contribution in [0.4, 0.5) is 0 Å². The van der Waals surface area contributed by atoms with Crippen molar-refractivity contribution in [2.75, 3.05) is 7.11 Å². The first-order chi connectivity index (χ1) is 10.2. The van der Waals surface area contributed by atoms with Gasteiger partial charge in [-0.1, -0.05) is 12.2 Å². The van der Waals surface area contributed by atoms with Gasteiger partial charge in [0.1, 0.15) is 11.5 Å². The minimum Gasteiger partial charge on any atom is -0.495 e. The largest absolute Gasteiger partial charge is 0.495 e. The number of benzene rings is 1. The molecule has 0 aliphatic rings. The standard InChI is InChI=1S/C17H15NO3/c1-11(2)6-8-20-12-4-5-13-15(10-12)18-17-14(7-9-21-17)16(13)19-3/h4-10H,1H2,2-3H3. The summed E-state index contributed by atoms with van der Waals surface area (Å²) >= 11 is 0. The molecule has 1 aromatic carbocycles. The molecule has 0 saturated carbocycles. The van der Waals surface area contributed by atoms with Crippen molar-refractivity contribution < 1.29 is 13.9 Å². The van der Waals surface area contributed by atoms with E-state index in [0.29, 0.717) is 11.5 Å². The van der Waals surface area contributed by atoms with E-state index < -0.39 is 0 Å². The van der Waals surface area contributed by atoms with E-state index in [1.54, 1.807) is 25.7 Å². The highest BCUT2D eigenvalue weighted by molar-refractivity contribution is 5.99. The molecular weight excluding hydrogens is 266 g/mol. The van der Waals surface area contributed by atoms with E-state index in [1.165, 1.54) is 0 Å². The van der Waals surface area contributed by atoms with Gasteiger partial charge in [0.25, 0.3) is 0 Å². The number of hydrogen-bond acceptors (Lipinski definition) is 4. The molecule has 21 heavy (non-hydrogen) atoms. The molecule has 0 aliphatic carbocycles. The first-order valence-corrected chi connectivity index (χ1v) is 6.52. The summed E-state index contributed by atoms with van der Waals surface area (Å²) in [5, 5.41) is 1.78. The highest BCUT2D eigenvalue weighted by Gasteiger charge is 2.12. The van der Waals surface area contributed by atoms with Crippen molar-refractivity contribution in [1.82, 2.24) is 4.98 Å². The number of hydrogen-bond donors (Lipinski definition) is 0. The van der Waals surface area contributed by atoms with Crippen molar-refractivity contribution in [3.8, 4) is 11.5 Å². The van der Waals surface area contributed by atoms with Crippen LogP contribution in [0, 0.1) is 0 Å². The molecule has 2 aromatic heterocycles. The van der Waals surface area contributed by atoms with Crippen LogP contribution in [-0.2, 0) is 0 Å². The summed E-state index contributed by atoms with van der Waals surface area (Å²) in [6.45, 7) is 5.68. The van der Waals surface area contributed by atoms with Gasteiger partial charge in [0, 0.05) is 11.5 Å². The fraction of sp³-hybridized carbons (Fsp3) is 0.118. The molecule has 0 fully saturated rings. The van der Waals surface area contributed by atoms with Gasteiger partial charge in [0.15, 0.2) is 0 Å². The fourth-order valence-corrected chi connectivity index (χ4v) is 2.13. The highest BCUT2D eigenvalue weighted by atomic mass is 16.5. The summed E-state index contributed by atoms with van der Waals surface area (Å²) in [5.74, 6) is 1.45. The third kappa shape index (κ3) is 2.48. The van der Waals surface area contributed by atoms with Gasteiger partial charge in [-0.15, -0.1) is 0 Å². The molecule has 0 aliphatic heterocycles. The van der Waals surface area contributed by atoms with E-state index in [0.717, 1.165) is 27.6 Å². The molecule has 0 unspecified atom stereocenters. The third-order valence-corrected chi connectivity index (χ3v) is 3.09. The van der Waals surface area contributed by atoms with Crippen LogP contribution >= 0.6 is 0 Å². The van der Waals surface area contributed by atoms with Crippen molar-refractivity contribution in [2.24, 2.45) is 0 Å². The Kier molecular flexibility index (Phi) is 3.36. The minimum absolute atomic E-state index is 0.550. The van der Waals surface area contributed by atoms with Gasteiger partial charge in [0.2, 0.25) is 5.71 Å². The number of pyridine rings is 1. The van der Waals surface area contributed by atoms with E-state index >= 15 is 0 Å². The van der Waals surface area contributed by atoms with Crippen LogP contribution in [0.5, 0.6) is 11.5 Å². The molecule has 0 spiro atoms. The number of aromatic nitrogens is 1. The zero-order chi connectivity index (χ0) is 14.8. The lowest BCUT2D eigenvalue weighted by Gasteiger charge is -2.07. The normalized spacial score (nSPS) is 11.3. The summed E-state index contributed by atoms with van der Waals surface area (Å²) in [5.41, 5.74) is 2.23. The maximum atomic E-state index is 5.54. The second kappa shape index (κ2) is 5.32. The molecule has 4 heteroatoms. The van der Waals surface area contributed by atoms with Crippen molar-refractivity contribution >= 4 is 22.0 Å². The lowest BCUT2D eigenvalue weighted by Crippen LogP contribution is -1.90. The summed E-state index contributed by atoms with van der Waals surface area (Å²) in [6, 6.07) is 7.50. The maximum absolute atomic E-state index is 5.54. The third-order valence-electron chi connectivity index (χ3n) is 3.09. The monoisotopic (exact) mass is 281 g/mol. The Morgan fingerprint density at radius 3 is 2.90 bits per heavy atom. The van der Waals surface area contributed by atoms with Crippen molar-refractivity contribution in [1.29, 1.82) is 0 Å². The Labute approximate surface area is 122 Å². The van der Waals surface area contributed by atoms with E-state index in [9.17, 15) is 0 Å². The number of methoxy groups -OCH3 is 1. The Morgan fingerprint density at radius 1 is 1.29 bits per heavy atom. The van der Waals surface area contributed by atoms with Gasteiger partial charge >= 0.3 is 0 Å². The zero-order valence-corrected chi connectivity index (χ0v) is 11.9. The summed E-state index contributed by atoms with van der Waals surface area (Å²) in [6.07, 6.45) is 5.01. The summed E-state index contributed by atoms with van der Waals surface area (Å²) in [4.78, 5) is 4.48. The number of furan rings is 1. The SMILES string of the molecule is C=C(C)C=COc1ccc2c(OC)c3ccoc3nc2c1. The first-order valence-electron chi connectivity index (χ1n) is 6.52. The topological polar surface area (TPSA) is 44.5 Å². The van der Waals surface area contributed by atoms with Crippen LogP contribution in [0.1, 0.15) is 6.92 Å². The van der Waals surface area contributed by atoms with Gasteiger partial charge < -0.3 is 13.9 Å². The van der Waals surface area contributed by atoms with E-state index in [4.69, 9.17) is 13.9 Å². The van der Waals surface area contributed by atoms with Gasteiger partial charge in [-0.25, -0.2) is 4.98 Å². The second-order valence-corrected chi connectivity index (χ2v) is 4.73. The van der Waals surface area contributed by atoms with Gasteiger partial charge in [0.05, 0.1) is 30.5 Å². The smallest absolute Gasteiger partial charge is 0.230 e. The number of allylic oxidation sites excluding steroid dienone is 2. The molecule has 3 rings (SSSR count). The Morgan fingerprint density at radius 2 is 2.14 bits per heavy atom. The molecule has 3 aromatic rings. The van der Waals surface area contributed by atoms with E-state index in [2.05, 4.69) is 11.6 Å². The number of rotatable bonds is 4. The molecule has 0 saturated heterocycles. The van der Waals surface area contributed by atoms with E-state index in [-0.39, 0.29) is 0 Å². The number of nitrogens with zero attached hydrogens (tertiary/aromatic N) is 1. The fourth-order valence-electron chi connectivity index (χ4n) is 2.13. The van der Waals surface area contributed by atoms with Crippen molar-refractivity contribution in [3.05, 3.63) is 55.0 Å². The second-order valence-electron chi connectivity index (χ2n) is 4.73. The van der Waals surface area contributed by atoms with Crippen LogP contribution in [0.2, 0.25) is 0 Å². The van der Waals surface area contributed by atoms with E-state index in [1.807, 2.05) is 31.2 Å². The highest BCUT2D eigenvalue weighted by Crippen LogP contribution is 2.34. The van der Waals surface area contributed by atoms with Gasteiger partial charge in [-0.3, -0.25) is 0 Å². The van der Waals surface area contributed by atoms with Crippen molar-refractivity contribution in [2.45, 2.75) is 6.92 Å². The van der Waals surface area contributed by atoms with Crippen LogP contribution in [-0.4, -0.2) is 12.1 Å². The van der Waals surface area contributed by atoms with Gasteiger partial charge in [-0.05, 0) is 31.2 Å². The molecular formula is C17H15NO3. The summed E-state index contributed by atoms with van der Waals surface area (Å²) in [7, 11) is 1.64. The van der Waals surface area contributed by atoms with Gasteiger partial charge in [-0.2, -0.15) is 0 Å². The molecule has 4 nitrogen and oxygen atoms in total. The predicted octanol–water partition coefficient (Wildman–Crippen LogP) is 4.46. The Balaban J connectivity index is 2.09. The zero-order valence-electron chi connectivity index (χ0n) is 11.9.